The first-order valence-electron chi connectivity index (χ1n) is 3.15. The smallest absolute Gasteiger partial charge is 0.162 e. The minimum Gasteiger partial charge on any atom is -0.478 e. The summed E-state index contributed by atoms with van der Waals surface area (Å²) in [4.78, 5) is 0. The molecule has 1 aromatic carbocycles. The first kappa shape index (κ1) is 8.82. The molecule has 12 heavy (non-hydrogen) atoms. The van der Waals surface area contributed by atoms with Gasteiger partial charge in [0.05, 0.1) is 11.6 Å². The molecule has 0 fully saturated rings. The van der Waals surface area contributed by atoms with Gasteiger partial charge in [0.2, 0.25) is 0 Å². The molecule has 0 saturated heterocycles. The van der Waals surface area contributed by atoms with Crippen LogP contribution in [0.3, 0.4) is 0 Å². The normalized spacial score (nSPS) is 9.08. The monoisotopic (exact) mass is 185 g/mol. The van der Waals surface area contributed by atoms with Crippen LogP contribution in [-0.4, -0.2) is 6.07 Å². The summed E-state index contributed by atoms with van der Waals surface area (Å²) in [5.74, 6) is -0.240. The Morgan fingerprint density at radius 1 is 1.50 bits per heavy atom. The van der Waals surface area contributed by atoms with Gasteiger partial charge >= 0.3 is 0 Å². The molecule has 2 nitrogen and oxygen atoms in total. The van der Waals surface area contributed by atoms with Crippen molar-refractivity contribution in [3.63, 3.8) is 0 Å². The summed E-state index contributed by atoms with van der Waals surface area (Å²) in [7, 11) is 0. The Morgan fingerprint density at radius 3 is 2.83 bits per heavy atom. The lowest BCUT2D eigenvalue weighted by atomic mass is 10.2. The maximum atomic E-state index is 12.7. The van der Waals surface area contributed by atoms with Crippen molar-refractivity contribution in [3.8, 4) is 11.8 Å². The highest BCUT2D eigenvalue weighted by Gasteiger charge is 1.99. The number of nitrogens with zero attached hydrogens (tertiary/aromatic N) is 1. The van der Waals surface area contributed by atoms with Crippen LogP contribution in [0.5, 0.6) is 5.75 Å². The highest BCUT2D eigenvalue weighted by atomic mass is 35.5. The van der Waals surface area contributed by atoms with E-state index in [1.54, 1.807) is 6.07 Å². The van der Waals surface area contributed by atoms with Crippen LogP contribution in [0.25, 0.3) is 0 Å². The molecule has 0 saturated carbocycles. The summed E-state index contributed by atoms with van der Waals surface area (Å²) in [6, 6.07) is 5.46. The second-order valence-electron chi connectivity index (χ2n) is 2.04. The number of rotatable bonds is 2. The SMILES string of the molecule is N#Cc1cc(F)cc(OCCl)c1. The molecular formula is C8H5ClFNO. The quantitative estimate of drug-likeness (QED) is 0.663. The Labute approximate surface area is 74.1 Å². The van der Waals surface area contributed by atoms with Gasteiger partial charge in [-0.3, -0.25) is 0 Å². The highest BCUT2D eigenvalue weighted by molar-refractivity contribution is 6.17. The van der Waals surface area contributed by atoms with Crippen molar-refractivity contribution in [1.82, 2.24) is 0 Å². The summed E-state index contributed by atoms with van der Waals surface area (Å²) >= 11 is 5.26. The van der Waals surface area contributed by atoms with E-state index >= 15 is 0 Å². The largest absolute Gasteiger partial charge is 0.478 e. The van der Waals surface area contributed by atoms with E-state index in [-0.39, 0.29) is 17.4 Å². The lowest BCUT2D eigenvalue weighted by Gasteiger charge is -2.01. The number of benzene rings is 1. The molecule has 1 rings (SSSR count). The maximum Gasteiger partial charge on any atom is 0.162 e. The van der Waals surface area contributed by atoms with Gasteiger partial charge in [-0.25, -0.2) is 4.39 Å². The third kappa shape index (κ3) is 2.11. The lowest BCUT2D eigenvalue weighted by Crippen LogP contribution is -1.90. The molecule has 4 heteroatoms. The van der Waals surface area contributed by atoms with Crippen LogP contribution in [0.15, 0.2) is 18.2 Å². The van der Waals surface area contributed by atoms with Crippen LogP contribution in [-0.2, 0) is 0 Å². The molecule has 0 aliphatic heterocycles. The summed E-state index contributed by atoms with van der Waals surface area (Å²) in [6.07, 6.45) is 0. The predicted molar refractivity (Wildman–Crippen MR) is 42.5 cm³/mol. The van der Waals surface area contributed by atoms with Crippen LogP contribution in [0.4, 0.5) is 4.39 Å². The van der Waals surface area contributed by atoms with E-state index in [9.17, 15) is 4.39 Å². The number of nitriles is 1. The predicted octanol–water partition coefficient (Wildman–Crippen LogP) is 2.27. The first-order chi connectivity index (χ1) is 5.76. The molecule has 62 valence electrons. The van der Waals surface area contributed by atoms with Crippen LogP contribution >= 0.6 is 11.6 Å². The molecule has 0 amide bonds. The van der Waals surface area contributed by atoms with E-state index < -0.39 is 5.82 Å². The summed E-state index contributed by atoms with van der Waals surface area (Å²) in [6.45, 7) is 0. The maximum absolute atomic E-state index is 12.7. The Hall–Kier alpha value is -1.27. The van der Waals surface area contributed by atoms with Crippen molar-refractivity contribution in [2.75, 3.05) is 6.07 Å². The molecule has 0 aliphatic carbocycles. The van der Waals surface area contributed by atoms with E-state index in [2.05, 4.69) is 0 Å². The second-order valence-corrected chi connectivity index (χ2v) is 2.26. The molecule has 0 unspecified atom stereocenters. The number of ether oxygens (including phenoxy) is 1. The van der Waals surface area contributed by atoms with Crippen molar-refractivity contribution >= 4 is 11.6 Å². The molecule has 0 spiro atoms. The Balaban J connectivity index is 3.00. The molecule has 1 aromatic rings. The Bertz CT molecular complexity index is 321. The Kier molecular flexibility index (Phi) is 2.89. The van der Waals surface area contributed by atoms with Crippen LogP contribution < -0.4 is 4.74 Å². The standard InChI is InChI=1S/C8H5ClFNO/c9-5-12-8-2-6(4-11)1-7(10)3-8/h1-3H,5H2. The topological polar surface area (TPSA) is 33.0 Å². The fourth-order valence-electron chi connectivity index (χ4n) is 0.774. The third-order valence-corrected chi connectivity index (χ3v) is 1.33. The molecule has 0 aliphatic rings. The molecule has 0 radical (unpaired) electrons. The van der Waals surface area contributed by atoms with Gasteiger partial charge in [0.25, 0.3) is 0 Å². The molecule has 0 atom stereocenters. The minimum atomic E-state index is -0.505. The first-order valence-corrected chi connectivity index (χ1v) is 3.69. The van der Waals surface area contributed by atoms with E-state index in [1.165, 1.54) is 12.1 Å². The second kappa shape index (κ2) is 3.93. The number of hydrogen-bond acceptors (Lipinski definition) is 2. The number of hydrogen-bond donors (Lipinski definition) is 0. The van der Waals surface area contributed by atoms with Gasteiger partial charge < -0.3 is 4.74 Å². The lowest BCUT2D eigenvalue weighted by molar-refractivity contribution is 0.385. The number of alkyl halides is 1. The average Bonchev–Trinajstić information content (AvgIpc) is 2.04. The van der Waals surface area contributed by atoms with E-state index in [1.807, 2.05) is 0 Å². The van der Waals surface area contributed by atoms with Gasteiger partial charge in [-0.2, -0.15) is 5.26 Å². The fourth-order valence-corrected chi connectivity index (χ4v) is 0.900. The summed E-state index contributed by atoms with van der Waals surface area (Å²) in [5.41, 5.74) is 0.218. The summed E-state index contributed by atoms with van der Waals surface area (Å²) < 4.78 is 17.5. The van der Waals surface area contributed by atoms with Crippen molar-refractivity contribution in [3.05, 3.63) is 29.6 Å². The molecule has 0 bridgehead atoms. The third-order valence-electron chi connectivity index (χ3n) is 1.22. The zero-order valence-corrected chi connectivity index (χ0v) is 6.81. The van der Waals surface area contributed by atoms with Crippen molar-refractivity contribution in [2.45, 2.75) is 0 Å². The summed E-state index contributed by atoms with van der Waals surface area (Å²) in [5, 5.41) is 8.45. The fraction of sp³-hybridized carbons (Fsp3) is 0.125. The van der Waals surface area contributed by atoms with Crippen molar-refractivity contribution in [2.24, 2.45) is 0 Å². The minimum absolute atomic E-state index is 0.0612. The van der Waals surface area contributed by atoms with Crippen molar-refractivity contribution in [1.29, 1.82) is 5.26 Å². The van der Waals surface area contributed by atoms with Crippen molar-refractivity contribution < 1.29 is 9.13 Å². The average molecular weight is 186 g/mol. The molecular weight excluding hydrogens is 181 g/mol. The molecule has 0 aromatic heterocycles. The van der Waals surface area contributed by atoms with E-state index in [0.29, 0.717) is 0 Å². The van der Waals surface area contributed by atoms with Crippen LogP contribution in [0.2, 0.25) is 0 Å². The zero-order valence-electron chi connectivity index (χ0n) is 6.05. The van der Waals surface area contributed by atoms with E-state index in [4.69, 9.17) is 21.6 Å². The molecule has 0 N–H and O–H groups in total. The van der Waals surface area contributed by atoms with E-state index in [0.717, 1.165) is 6.07 Å². The van der Waals surface area contributed by atoms with Gasteiger partial charge in [0.15, 0.2) is 6.07 Å². The highest BCUT2D eigenvalue weighted by Crippen LogP contribution is 2.15. The van der Waals surface area contributed by atoms with Crippen LogP contribution in [0, 0.1) is 17.1 Å². The van der Waals surface area contributed by atoms with Gasteiger partial charge in [-0.1, -0.05) is 11.6 Å². The number of halogens is 2. The van der Waals surface area contributed by atoms with Gasteiger partial charge in [0, 0.05) is 6.07 Å². The zero-order chi connectivity index (χ0) is 8.97. The Morgan fingerprint density at radius 2 is 2.25 bits per heavy atom. The van der Waals surface area contributed by atoms with Gasteiger partial charge in [0.1, 0.15) is 11.6 Å². The molecule has 0 heterocycles. The van der Waals surface area contributed by atoms with Gasteiger partial charge in [-0.15, -0.1) is 0 Å². The van der Waals surface area contributed by atoms with Crippen LogP contribution in [0.1, 0.15) is 5.56 Å². The van der Waals surface area contributed by atoms with Gasteiger partial charge in [-0.05, 0) is 12.1 Å².